The summed E-state index contributed by atoms with van der Waals surface area (Å²) < 4.78 is 1.11. The number of hydrogen-bond donors (Lipinski definition) is 1. The highest BCUT2D eigenvalue weighted by molar-refractivity contribution is 7.22. The predicted octanol–water partition coefficient (Wildman–Crippen LogP) is 4.67. The van der Waals surface area contributed by atoms with Crippen LogP contribution in [0.5, 0.6) is 0 Å². The van der Waals surface area contributed by atoms with Gasteiger partial charge in [0.2, 0.25) is 0 Å². The van der Waals surface area contributed by atoms with E-state index in [9.17, 15) is 4.79 Å². The fraction of sp³-hybridized carbons (Fsp3) is 0.652. The molecule has 0 bridgehead atoms. The molecule has 1 amide bonds. The van der Waals surface area contributed by atoms with Crippen LogP contribution >= 0.6 is 11.3 Å². The molecule has 2 fully saturated rings. The first-order chi connectivity index (χ1) is 14.1. The minimum absolute atomic E-state index is 0.0274. The van der Waals surface area contributed by atoms with E-state index in [0.717, 1.165) is 53.5 Å². The molecule has 1 aromatic heterocycles. The number of amides is 1. The Morgan fingerprint density at radius 1 is 1.14 bits per heavy atom. The summed E-state index contributed by atoms with van der Waals surface area (Å²) in [6.07, 6.45) is 8.76. The number of piperidine rings is 2. The van der Waals surface area contributed by atoms with Gasteiger partial charge >= 0.3 is 0 Å². The number of carbonyl (C=O) groups excluding carboxylic acids is 1. The van der Waals surface area contributed by atoms with E-state index in [2.05, 4.69) is 29.0 Å². The Morgan fingerprint density at radius 3 is 2.66 bits per heavy atom. The van der Waals surface area contributed by atoms with Gasteiger partial charge in [0.25, 0.3) is 5.91 Å². The lowest BCUT2D eigenvalue weighted by atomic mass is 9.97. The molecule has 6 heteroatoms. The van der Waals surface area contributed by atoms with Crippen molar-refractivity contribution in [2.45, 2.75) is 70.9 Å². The van der Waals surface area contributed by atoms with Crippen LogP contribution in [0.4, 0.5) is 5.13 Å². The minimum Gasteiger partial charge on any atom is -0.352 e. The van der Waals surface area contributed by atoms with Gasteiger partial charge < -0.3 is 10.2 Å². The smallest absolute Gasteiger partial charge is 0.251 e. The molecule has 5 nitrogen and oxygen atoms in total. The third-order valence-corrected chi connectivity index (χ3v) is 7.60. The second-order valence-corrected chi connectivity index (χ2v) is 9.71. The lowest BCUT2D eigenvalue weighted by Crippen LogP contribution is -2.44. The fourth-order valence-corrected chi connectivity index (χ4v) is 5.81. The maximum atomic E-state index is 12.6. The Labute approximate surface area is 178 Å². The molecule has 4 rings (SSSR count). The molecule has 29 heavy (non-hydrogen) atoms. The summed E-state index contributed by atoms with van der Waals surface area (Å²) >= 11 is 1.71. The van der Waals surface area contributed by atoms with E-state index in [-0.39, 0.29) is 5.91 Å². The highest BCUT2D eigenvalue weighted by Gasteiger charge is 2.23. The van der Waals surface area contributed by atoms with Crippen molar-refractivity contribution in [2.24, 2.45) is 0 Å². The summed E-state index contributed by atoms with van der Waals surface area (Å²) in [4.78, 5) is 22.4. The molecule has 2 saturated heterocycles. The highest BCUT2D eigenvalue weighted by atomic mass is 32.1. The molecule has 0 aliphatic carbocycles. The molecule has 1 aromatic carbocycles. The highest BCUT2D eigenvalue weighted by Crippen LogP contribution is 2.31. The van der Waals surface area contributed by atoms with E-state index in [1.807, 2.05) is 18.2 Å². The SMILES string of the molecule is C[C@@H]1CCC[C@H](C)N1CCCNC(=O)c1ccc2nc(N3CCCCC3)sc2c1. The Hall–Kier alpha value is -1.66. The number of nitrogens with one attached hydrogen (secondary N) is 1. The summed E-state index contributed by atoms with van der Waals surface area (Å²) in [5, 5.41) is 4.21. The number of rotatable bonds is 6. The Balaban J connectivity index is 1.31. The lowest BCUT2D eigenvalue weighted by molar-refractivity contribution is 0.0925. The fourth-order valence-electron chi connectivity index (χ4n) is 4.76. The van der Waals surface area contributed by atoms with Gasteiger partial charge in [0.05, 0.1) is 10.2 Å². The molecule has 3 heterocycles. The Bertz CT molecular complexity index is 819. The summed E-state index contributed by atoms with van der Waals surface area (Å²) in [7, 11) is 0. The Morgan fingerprint density at radius 2 is 1.90 bits per heavy atom. The molecule has 2 atom stereocenters. The molecule has 0 unspecified atom stereocenters. The van der Waals surface area contributed by atoms with E-state index in [4.69, 9.17) is 4.98 Å². The molecule has 2 aliphatic heterocycles. The number of anilines is 1. The van der Waals surface area contributed by atoms with Gasteiger partial charge in [-0.2, -0.15) is 0 Å². The quantitative estimate of drug-likeness (QED) is 0.698. The topological polar surface area (TPSA) is 48.5 Å². The largest absolute Gasteiger partial charge is 0.352 e. The third kappa shape index (κ3) is 4.92. The summed E-state index contributed by atoms with van der Waals surface area (Å²) in [5.41, 5.74) is 1.74. The van der Waals surface area contributed by atoms with Gasteiger partial charge in [0.1, 0.15) is 0 Å². The van der Waals surface area contributed by atoms with E-state index < -0.39 is 0 Å². The van der Waals surface area contributed by atoms with Gasteiger partial charge in [-0.15, -0.1) is 0 Å². The summed E-state index contributed by atoms with van der Waals surface area (Å²) in [6, 6.07) is 7.23. The van der Waals surface area contributed by atoms with E-state index in [1.165, 1.54) is 38.5 Å². The van der Waals surface area contributed by atoms with Crippen LogP contribution in [0.2, 0.25) is 0 Å². The molecule has 0 saturated carbocycles. The number of hydrogen-bond acceptors (Lipinski definition) is 5. The van der Waals surface area contributed by atoms with Crippen LogP contribution in [-0.2, 0) is 0 Å². The van der Waals surface area contributed by atoms with Crippen LogP contribution in [0.15, 0.2) is 18.2 Å². The van der Waals surface area contributed by atoms with Crippen LogP contribution in [0.1, 0.15) is 69.2 Å². The van der Waals surface area contributed by atoms with Crippen molar-refractivity contribution in [1.82, 2.24) is 15.2 Å². The molecular weight excluding hydrogens is 380 g/mol. The number of nitrogens with zero attached hydrogens (tertiary/aromatic N) is 3. The van der Waals surface area contributed by atoms with Crippen molar-refractivity contribution >= 4 is 32.6 Å². The molecule has 2 aromatic rings. The van der Waals surface area contributed by atoms with Crippen molar-refractivity contribution in [1.29, 1.82) is 0 Å². The maximum absolute atomic E-state index is 12.6. The zero-order chi connectivity index (χ0) is 20.2. The van der Waals surface area contributed by atoms with Gasteiger partial charge in [-0.3, -0.25) is 9.69 Å². The second-order valence-electron chi connectivity index (χ2n) is 8.70. The zero-order valence-corrected chi connectivity index (χ0v) is 18.6. The number of thiazole rings is 1. The van der Waals surface area contributed by atoms with E-state index in [0.29, 0.717) is 12.1 Å². The number of benzene rings is 1. The standard InChI is InChI=1S/C23H34N4OS/c1-17-8-6-9-18(2)27(17)15-7-12-24-22(28)19-10-11-20-21(16-19)29-23(25-20)26-13-4-3-5-14-26/h10-11,16-18H,3-9,12-15H2,1-2H3,(H,24,28)/t17-,18+. The average molecular weight is 415 g/mol. The lowest BCUT2D eigenvalue weighted by Gasteiger charge is -2.39. The number of likely N-dealkylation sites (tertiary alicyclic amines) is 1. The van der Waals surface area contributed by atoms with E-state index >= 15 is 0 Å². The van der Waals surface area contributed by atoms with Crippen molar-refractivity contribution < 1.29 is 4.79 Å². The number of fused-ring (bicyclic) bond motifs is 1. The van der Waals surface area contributed by atoms with Crippen LogP contribution in [0.3, 0.4) is 0 Å². The molecule has 158 valence electrons. The first-order valence-electron chi connectivity index (χ1n) is 11.3. The van der Waals surface area contributed by atoms with Crippen LogP contribution in [-0.4, -0.2) is 54.1 Å². The maximum Gasteiger partial charge on any atom is 0.251 e. The molecule has 0 radical (unpaired) electrons. The third-order valence-electron chi connectivity index (χ3n) is 6.52. The van der Waals surface area contributed by atoms with Gasteiger partial charge in [-0.1, -0.05) is 17.8 Å². The van der Waals surface area contributed by atoms with E-state index in [1.54, 1.807) is 11.3 Å². The van der Waals surface area contributed by atoms with Gasteiger partial charge in [0.15, 0.2) is 5.13 Å². The average Bonchev–Trinajstić information content (AvgIpc) is 3.17. The van der Waals surface area contributed by atoms with Crippen LogP contribution in [0, 0.1) is 0 Å². The number of aromatic nitrogens is 1. The number of carbonyl (C=O) groups is 1. The molecule has 2 aliphatic rings. The molecule has 0 spiro atoms. The first-order valence-corrected chi connectivity index (χ1v) is 12.1. The minimum atomic E-state index is 0.0274. The van der Waals surface area contributed by atoms with Crippen molar-refractivity contribution in [3.63, 3.8) is 0 Å². The van der Waals surface area contributed by atoms with Crippen LogP contribution in [0.25, 0.3) is 10.2 Å². The summed E-state index contributed by atoms with van der Waals surface area (Å²) in [5.74, 6) is 0.0274. The van der Waals surface area contributed by atoms with Crippen molar-refractivity contribution in [3.8, 4) is 0 Å². The normalized spacial score (nSPS) is 23.4. The monoisotopic (exact) mass is 414 g/mol. The predicted molar refractivity (Wildman–Crippen MR) is 122 cm³/mol. The van der Waals surface area contributed by atoms with Crippen molar-refractivity contribution in [3.05, 3.63) is 23.8 Å². The second kappa shape index (κ2) is 9.43. The molecular formula is C23H34N4OS. The first kappa shape index (κ1) is 20.6. The summed E-state index contributed by atoms with van der Waals surface area (Å²) in [6.45, 7) is 8.65. The Kier molecular flexibility index (Phi) is 6.70. The van der Waals surface area contributed by atoms with Crippen molar-refractivity contribution in [2.75, 3.05) is 31.1 Å². The van der Waals surface area contributed by atoms with Gasteiger partial charge in [-0.25, -0.2) is 4.98 Å². The zero-order valence-electron chi connectivity index (χ0n) is 17.8. The van der Waals surface area contributed by atoms with Gasteiger partial charge in [-0.05, 0) is 70.6 Å². The van der Waals surface area contributed by atoms with Crippen LogP contribution < -0.4 is 10.2 Å². The molecule has 1 N–H and O–H groups in total. The van der Waals surface area contributed by atoms with Gasteiger partial charge in [0, 0.05) is 43.8 Å².